The first-order valence-corrected chi connectivity index (χ1v) is 7.69. The molecule has 1 aliphatic rings. The number of hydrogen-bond donors (Lipinski definition) is 1. The molecule has 0 atom stereocenters. The van der Waals surface area contributed by atoms with Crippen LogP contribution in [0.15, 0.2) is 0 Å². The van der Waals surface area contributed by atoms with E-state index in [0.29, 0.717) is 6.54 Å². The Bertz CT molecular complexity index is 312. The van der Waals surface area contributed by atoms with E-state index in [4.69, 9.17) is 0 Å². The monoisotopic (exact) mass is 283 g/mol. The van der Waals surface area contributed by atoms with Gasteiger partial charge in [0.2, 0.25) is 11.8 Å². The molecule has 1 fully saturated rings. The molecule has 2 amide bonds. The summed E-state index contributed by atoms with van der Waals surface area (Å²) in [5.41, 5.74) is 0. The van der Waals surface area contributed by atoms with Crippen LogP contribution in [0.4, 0.5) is 0 Å². The van der Waals surface area contributed by atoms with Crippen LogP contribution in [-0.4, -0.2) is 61.4 Å². The van der Waals surface area contributed by atoms with Crippen LogP contribution in [0.3, 0.4) is 0 Å². The van der Waals surface area contributed by atoms with Crippen molar-refractivity contribution < 1.29 is 9.59 Å². The highest BCUT2D eigenvalue weighted by molar-refractivity contribution is 5.83. The zero-order chi connectivity index (χ0) is 15.0. The Hall–Kier alpha value is -1.10. The number of amides is 2. The second-order valence-electron chi connectivity index (χ2n) is 5.95. The Kier molecular flexibility index (Phi) is 7.59. The summed E-state index contributed by atoms with van der Waals surface area (Å²) in [6.45, 7) is 3.41. The fraction of sp³-hybridized carbons (Fsp3) is 0.867. The van der Waals surface area contributed by atoms with Gasteiger partial charge in [-0.1, -0.05) is 19.3 Å². The van der Waals surface area contributed by atoms with E-state index in [9.17, 15) is 9.59 Å². The van der Waals surface area contributed by atoms with Crippen molar-refractivity contribution >= 4 is 11.8 Å². The van der Waals surface area contributed by atoms with Gasteiger partial charge in [-0.25, -0.2) is 0 Å². The number of carbonyl (C=O) groups excluding carboxylic acids is 2. The van der Waals surface area contributed by atoms with Gasteiger partial charge in [0.1, 0.15) is 0 Å². The summed E-state index contributed by atoms with van der Waals surface area (Å²) in [7, 11) is 4.03. The number of nitrogens with one attached hydrogen (secondary N) is 1. The topological polar surface area (TPSA) is 52.7 Å². The molecule has 1 N–H and O–H groups in total. The van der Waals surface area contributed by atoms with Crippen molar-refractivity contribution in [2.45, 2.75) is 51.5 Å². The maximum Gasteiger partial charge on any atom is 0.239 e. The van der Waals surface area contributed by atoms with Crippen molar-refractivity contribution in [3.05, 3.63) is 0 Å². The van der Waals surface area contributed by atoms with E-state index in [2.05, 4.69) is 10.2 Å². The largest absolute Gasteiger partial charge is 0.355 e. The van der Waals surface area contributed by atoms with Gasteiger partial charge in [0.05, 0.1) is 6.54 Å². The zero-order valence-electron chi connectivity index (χ0n) is 13.2. The molecule has 0 spiro atoms. The Morgan fingerprint density at radius 1 is 1.15 bits per heavy atom. The molecular formula is C15H29N3O2. The Balaban J connectivity index is 2.33. The molecule has 116 valence electrons. The van der Waals surface area contributed by atoms with Crippen molar-refractivity contribution in [2.24, 2.45) is 0 Å². The van der Waals surface area contributed by atoms with Gasteiger partial charge in [0.25, 0.3) is 0 Å². The third kappa shape index (κ3) is 6.37. The van der Waals surface area contributed by atoms with E-state index in [-0.39, 0.29) is 24.4 Å². The van der Waals surface area contributed by atoms with Crippen LogP contribution < -0.4 is 5.32 Å². The first-order valence-electron chi connectivity index (χ1n) is 7.69. The second kappa shape index (κ2) is 8.95. The molecule has 1 saturated carbocycles. The molecule has 20 heavy (non-hydrogen) atoms. The fourth-order valence-electron chi connectivity index (χ4n) is 2.72. The van der Waals surface area contributed by atoms with Crippen molar-refractivity contribution in [1.29, 1.82) is 0 Å². The van der Waals surface area contributed by atoms with E-state index in [1.807, 2.05) is 14.1 Å². The number of carbonyl (C=O) groups is 2. The van der Waals surface area contributed by atoms with Gasteiger partial charge < -0.3 is 15.1 Å². The highest BCUT2D eigenvalue weighted by atomic mass is 16.2. The SMILES string of the molecule is CC(=O)N(CC(=O)NCCCN(C)C)C1CCCCC1. The first-order chi connectivity index (χ1) is 9.50. The predicted molar refractivity (Wildman–Crippen MR) is 80.4 cm³/mol. The molecular weight excluding hydrogens is 254 g/mol. The summed E-state index contributed by atoms with van der Waals surface area (Å²) in [4.78, 5) is 27.5. The molecule has 5 heteroatoms. The van der Waals surface area contributed by atoms with Gasteiger partial charge in [0.15, 0.2) is 0 Å². The summed E-state index contributed by atoms with van der Waals surface area (Å²) in [5, 5.41) is 2.90. The molecule has 1 rings (SSSR count). The van der Waals surface area contributed by atoms with Gasteiger partial charge in [-0.2, -0.15) is 0 Å². The summed E-state index contributed by atoms with van der Waals surface area (Å²) in [5.74, 6) is -0.0233. The Morgan fingerprint density at radius 2 is 1.80 bits per heavy atom. The van der Waals surface area contributed by atoms with Crippen LogP contribution in [0.1, 0.15) is 45.4 Å². The molecule has 0 aromatic rings. The lowest BCUT2D eigenvalue weighted by molar-refractivity contribution is -0.137. The first kappa shape index (κ1) is 17.0. The van der Waals surface area contributed by atoms with Crippen molar-refractivity contribution in [1.82, 2.24) is 15.1 Å². The van der Waals surface area contributed by atoms with Crippen LogP contribution in [0.25, 0.3) is 0 Å². The lowest BCUT2D eigenvalue weighted by Crippen LogP contribution is -2.46. The summed E-state index contributed by atoms with van der Waals surface area (Å²) >= 11 is 0. The van der Waals surface area contributed by atoms with E-state index < -0.39 is 0 Å². The molecule has 0 saturated heterocycles. The van der Waals surface area contributed by atoms with Crippen LogP contribution in [0.5, 0.6) is 0 Å². The standard InChI is InChI=1S/C15H29N3O2/c1-13(19)18(14-8-5-4-6-9-14)12-15(20)16-10-7-11-17(2)3/h14H,4-12H2,1-3H3,(H,16,20). The fourth-order valence-corrected chi connectivity index (χ4v) is 2.72. The number of hydrogen-bond acceptors (Lipinski definition) is 3. The van der Waals surface area contributed by atoms with Gasteiger partial charge in [-0.15, -0.1) is 0 Å². The molecule has 0 radical (unpaired) electrons. The van der Waals surface area contributed by atoms with Gasteiger partial charge >= 0.3 is 0 Å². The Morgan fingerprint density at radius 3 is 2.35 bits per heavy atom. The maximum absolute atomic E-state index is 11.9. The lowest BCUT2D eigenvalue weighted by atomic mass is 9.94. The van der Waals surface area contributed by atoms with Gasteiger partial charge in [0, 0.05) is 19.5 Å². The summed E-state index contributed by atoms with van der Waals surface area (Å²) < 4.78 is 0. The average Bonchev–Trinajstić information content (AvgIpc) is 2.41. The van der Waals surface area contributed by atoms with Crippen LogP contribution in [-0.2, 0) is 9.59 Å². The normalized spacial score (nSPS) is 16.2. The zero-order valence-corrected chi connectivity index (χ0v) is 13.2. The molecule has 0 aromatic carbocycles. The highest BCUT2D eigenvalue weighted by Crippen LogP contribution is 2.22. The van der Waals surface area contributed by atoms with Crippen molar-refractivity contribution in [3.8, 4) is 0 Å². The van der Waals surface area contributed by atoms with Gasteiger partial charge in [-0.05, 0) is 39.9 Å². The maximum atomic E-state index is 11.9. The van der Waals surface area contributed by atoms with Crippen LogP contribution in [0, 0.1) is 0 Å². The highest BCUT2D eigenvalue weighted by Gasteiger charge is 2.24. The third-order valence-corrected chi connectivity index (χ3v) is 3.84. The summed E-state index contributed by atoms with van der Waals surface area (Å²) in [6, 6.07) is 0.258. The van der Waals surface area contributed by atoms with Crippen molar-refractivity contribution in [2.75, 3.05) is 33.7 Å². The minimum Gasteiger partial charge on any atom is -0.355 e. The quantitative estimate of drug-likeness (QED) is 0.715. The molecule has 5 nitrogen and oxygen atoms in total. The summed E-state index contributed by atoms with van der Waals surface area (Å²) in [6.07, 6.45) is 6.58. The lowest BCUT2D eigenvalue weighted by Gasteiger charge is -2.33. The molecule has 0 aromatic heterocycles. The predicted octanol–water partition coefficient (Wildman–Crippen LogP) is 1.24. The van der Waals surface area contributed by atoms with E-state index in [1.165, 1.54) is 19.3 Å². The molecule has 0 unspecified atom stereocenters. The van der Waals surface area contributed by atoms with Crippen molar-refractivity contribution in [3.63, 3.8) is 0 Å². The molecule has 0 heterocycles. The average molecular weight is 283 g/mol. The smallest absolute Gasteiger partial charge is 0.239 e. The third-order valence-electron chi connectivity index (χ3n) is 3.84. The number of nitrogens with zero attached hydrogens (tertiary/aromatic N) is 2. The molecule has 0 bridgehead atoms. The van der Waals surface area contributed by atoms with Gasteiger partial charge in [-0.3, -0.25) is 9.59 Å². The van der Waals surface area contributed by atoms with E-state index >= 15 is 0 Å². The molecule has 1 aliphatic carbocycles. The molecule has 0 aliphatic heterocycles. The van der Waals surface area contributed by atoms with Crippen LogP contribution >= 0.6 is 0 Å². The van der Waals surface area contributed by atoms with Crippen LogP contribution in [0.2, 0.25) is 0 Å². The van der Waals surface area contributed by atoms with E-state index in [1.54, 1.807) is 11.8 Å². The van der Waals surface area contributed by atoms with E-state index in [0.717, 1.165) is 25.8 Å². The minimum absolute atomic E-state index is 0.0142. The minimum atomic E-state index is -0.0375. The number of rotatable bonds is 7. The Labute approximate surface area is 122 Å². The second-order valence-corrected chi connectivity index (χ2v) is 5.95.